The molecule has 0 aromatic heterocycles. The fraction of sp³-hybridized carbons (Fsp3) is 0.333. The molecular weight excluding hydrogens is 299 g/mol. The van der Waals surface area contributed by atoms with Crippen molar-refractivity contribution in [2.24, 2.45) is 0 Å². The molecule has 0 atom stereocenters. The third kappa shape index (κ3) is 1.56. The Morgan fingerprint density at radius 1 is 0.857 bits per heavy atom. The van der Waals surface area contributed by atoms with E-state index < -0.39 is 11.5 Å². The van der Waals surface area contributed by atoms with Crippen LogP contribution in [-0.2, 0) is 0 Å². The average molecular weight is 310 g/mol. The number of benzene rings is 1. The minimum Gasteiger partial charge on any atom is -0.504 e. The summed E-state index contributed by atoms with van der Waals surface area (Å²) < 4.78 is 0.0435. The fourth-order valence-electron chi connectivity index (χ4n) is 1.23. The van der Waals surface area contributed by atoms with E-state index in [0.29, 0.717) is 0 Å². The lowest BCUT2D eigenvalue weighted by molar-refractivity contribution is 0.358. The van der Waals surface area contributed by atoms with Crippen LogP contribution in [0.25, 0.3) is 0 Å². The lowest BCUT2D eigenvalue weighted by atomic mass is 10.00. The molecule has 0 fully saturated rings. The standard InChI is InChI=1S/C9H11IO4/c1-3(2)4-6(11)8(13)5(10)9(14)7(4)12/h3,11-14H,1-2H3. The van der Waals surface area contributed by atoms with Crippen molar-refractivity contribution >= 4 is 22.6 Å². The van der Waals surface area contributed by atoms with Gasteiger partial charge in [0.25, 0.3) is 0 Å². The smallest absolute Gasteiger partial charge is 0.175 e. The van der Waals surface area contributed by atoms with Crippen LogP contribution in [0.4, 0.5) is 0 Å². The maximum Gasteiger partial charge on any atom is 0.175 e. The van der Waals surface area contributed by atoms with Crippen LogP contribution in [0.3, 0.4) is 0 Å². The summed E-state index contributed by atoms with van der Waals surface area (Å²) in [6, 6.07) is 0. The summed E-state index contributed by atoms with van der Waals surface area (Å²) >= 11 is 1.64. The van der Waals surface area contributed by atoms with Crippen molar-refractivity contribution in [3.05, 3.63) is 9.13 Å². The van der Waals surface area contributed by atoms with Crippen LogP contribution in [0, 0.1) is 3.57 Å². The van der Waals surface area contributed by atoms with E-state index in [1.54, 1.807) is 36.4 Å². The van der Waals surface area contributed by atoms with E-state index in [2.05, 4.69) is 0 Å². The molecule has 1 aromatic rings. The number of rotatable bonds is 1. The monoisotopic (exact) mass is 310 g/mol. The van der Waals surface area contributed by atoms with Gasteiger partial charge in [0.05, 0.1) is 0 Å². The molecule has 4 N–H and O–H groups in total. The Bertz CT molecular complexity index is 345. The molecule has 0 spiro atoms. The van der Waals surface area contributed by atoms with Gasteiger partial charge in [0.2, 0.25) is 0 Å². The third-order valence-electron chi connectivity index (χ3n) is 1.95. The number of hydrogen-bond donors (Lipinski definition) is 4. The van der Waals surface area contributed by atoms with Gasteiger partial charge in [-0.2, -0.15) is 0 Å². The van der Waals surface area contributed by atoms with Crippen LogP contribution in [0.5, 0.6) is 23.0 Å². The second-order valence-electron chi connectivity index (χ2n) is 3.28. The Morgan fingerprint density at radius 3 is 1.50 bits per heavy atom. The van der Waals surface area contributed by atoms with Crippen molar-refractivity contribution in [1.29, 1.82) is 0 Å². The molecule has 1 aromatic carbocycles. The number of phenols is 4. The van der Waals surface area contributed by atoms with E-state index in [-0.39, 0.29) is 26.6 Å². The average Bonchev–Trinajstić information content (AvgIpc) is 2.11. The van der Waals surface area contributed by atoms with Gasteiger partial charge in [-0.15, -0.1) is 0 Å². The highest BCUT2D eigenvalue weighted by molar-refractivity contribution is 14.1. The van der Waals surface area contributed by atoms with Crippen LogP contribution in [0.2, 0.25) is 0 Å². The molecule has 0 amide bonds. The summed E-state index contributed by atoms with van der Waals surface area (Å²) in [4.78, 5) is 0. The van der Waals surface area contributed by atoms with Crippen molar-refractivity contribution in [3.8, 4) is 23.0 Å². The molecule has 14 heavy (non-hydrogen) atoms. The zero-order chi connectivity index (χ0) is 11.0. The molecule has 0 radical (unpaired) electrons. The van der Waals surface area contributed by atoms with E-state index in [0.717, 1.165) is 0 Å². The number of halogens is 1. The summed E-state index contributed by atoms with van der Waals surface area (Å²) in [6.07, 6.45) is 0. The Hall–Kier alpha value is -0.850. The lowest BCUT2D eigenvalue weighted by Crippen LogP contribution is -1.92. The van der Waals surface area contributed by atoms with Crippen LogP contribution in [0.15, 0.2) is 0 Å². The van der Waals surface area contributed by atoms with Crippen molar-refractivity contribution in [1.82, 2.24) is 0 Å². The van der Waals surface area contributed by atoms with Gasteiger partial charge < -0.3 is 20.4 Å². The fourth-order valence-corrected chi connectivity index (χ4v) is 1.75. The SMILES string of the molecule is CC(C)c1c(O)c(O)c(I)c(O)c1O. The predicted molar refractivity (Wildman–Crippen MR) is 59.9 cm³/mol. The molecule has 0 aliphatic heterocycles. The highest BCUT2D eigenvalue weighted by Crippen LogP contribution is 2.49. The van der Waals surface area contributed by atoms with Gasteiger partial charge in [-0.1, -0.05) is 13.8 Å². The molecule has 4 nitrogen and oxygen atoms in total. The molecule has 78 valence electrons. The normalized spacial score (nSPS) is 10.9. The van der Waals surface area contributed by atoms with E-state index in [9.17, 15) is 20.4 Å². The maximum absolute atomic E-state index is 9.53. The molecule has 0 bridgehead atoms. The van der Waals surface area contributed by atoms with Gasteiger partial charge >= 0.3 is 0 Å². The summed E-state index contributed by atoms with van der Waals surface area (Å²) in [6.45, 7) is 3.47. The topological polar surface area (TPSA) is 80.9 Å². The van der Waals surface area contributed by atoms with Crippen molar-refractivity contribution < 1.29 is 20.4 Å². The van der Waals surface area contributed by atoms with Crippen molar-refractivity contribution in [2.45, 2.75) is 19.8 Å². The van der Waals surface area contributed by atoms with Gasteiger partial charge in [-0.05, 0) is 28.5 Å². The highest BCUT2D eigenvalue weighted by Gasteiger charge is 2.23. The summed E-state index contributed by atoms with van der Waals surface area (Å²) in [5, 5.41) is 37.9. The Labute approximate surface area is 95.0 Å². The quantitative estimate of drug-likeness (QED) is 0.364. The van der Waals surface area contributed by atoms with Crippen LogP contribution in [-0.4, -0.2) is 20.4 Å². The summed E-state index contributed by atoms with van der Waals surface area (Å²) in [7, 11) is 0. The van der Waals surface area contributed by atoms with Crippen molar-refractivity contribution in [3.63, 3.8) is 0 Å². The second-order valence-corrected chi connectivity index (χ2v) is 4.36. The van der Waals surface area contributed by atoms with Crippen LogP contribution >= 0.6 is 22.6 Å². The van der Waals surface area contributed by atoms with Crippen molar-refractivity contribution in [2.75, 3.05) is 0 Å². The first kappa shape index (κ1) is 11.2. The van der Waals surface area contributed by atoms with E-state index >= 15 is 0 Å². The van der Waals surface area contributed by atoms with Crippen LogP contribution < -0.4 is 0 Å². The zero-order valence-electron chi connectivity index (χ0n) is 7.74. The largest absolute Gasteiger partial charge is 0.504 e. The number of aromatic hydroxyl groups is 4. The second kappa shape index (κ2) is 3.72. The Kier molecular flexibility index (Phi) is 2.98. The third-order valence-corrected chi connectivity index (χ3v) is 2.97. The van der Waals surface area contributed by atoms with Gasteiger partial charge in [-0.3, -0.25) is 0 Å². The summed E-state index contributed by atoms with van der Waals surface area (Å²) in [5.41, 5.74) is 0.153. The van der Waals surface area contributed by atoms with Gasteiger partial charge in [0.15, 0.2) is 23.0 Å². The van der Waals surface area contributed by atoms with E-state index in [1.165, 1.54) is 0 Å². The van der Waals surface area contributed by atoms with Gasteiger partial charge in [-0.25, -0.2) is 0 Å². The van der Waals surface area contributed by atoms with Gasteiger partial charge in [0.1, 0.15) is 3.57 Å². The molecule has 0 aliphatic rings. The molecule has 1 rings (SSSR count). The Balaban J connectivity index is 3.60. The lowest BCUT2D eigenvalue weighted by Gasteiger charge is -2.14. The highest BCUT2D eigenvalue weighted by atomic mass is 127. The maximum atomic E-state index is 9.53. The van der Waals surface area contributed by atoms with E-state index in [1.807, 2.05) is 0 Å². The minimum atomic E-state index is -0.399. The first-order valence-electron chi connectivity index (χ1n) is 4.03. The first-order valence-corrected chi connectivity index (χ1v) is 5.11. The molecule has 0 heterocycles. The molecular formula is C9H11IO4. The summed E-state index contributed by atoms with van der Waals surface area (Å²) in [5.74, 6) is -1.74. The van der Waals surface area contributed by atoms with Crippen LogP contribution in [0.1, 0.15) is 25.3 Å². The Morgan fingerprint density at radius 2 is 1.21 bits per heavy atom. The molecule has 0 aliphatic carbocycles. The molecule has 0 unspecified atom stereocenters. The molecule has 5 heteroatoms. The molecule has 0 saturated carbocycles. The zero-order valence-corrected chi connectivity index (χ0v) is 9.90. The number of phenolic OH excluding ortho intramolecular Hbond substituents is 4. The molecule has 0 saturated heterocycles. The first-order chi connectivity index (χ1) is 6.37. The minimum absolute atomic E-state index is 0.0435. The predicted octanol–water partition coefficient (Wildman–Crippen LogP) is 2.24. The number of hydrogen-bond acceptors (Lipinski definition) is 4. The van der Waals surface area contributed by atoms with E-state index in [4.69, 9.17) is 0 Å². The van der Waals surface area contributed by atoms with Gasteiger partial charge in [0, 0.05) is 5.56 Å².